The first kappa shape index (κ1) is 12.6. The number of nitrogens with one attached hydrogen (secondary N) is 1. The zero-order valence-electron chi connectivity index (χ0n) is 9.32. The van der Waals surface area contributed by atoms with E-state index in [2.05, 4.69) is 5.32 Å². The number of hydrogen-bond donors (Lipinski definition) is 1. The molecule has 76 valence electrons. The van der Waals surface area contributed by atoms with Crippen LogP contribution >= 0.6 is 12.2 Å². The number of Topliss-reactive ketones (excluding diaryl/α,β-unsaturated/α-hetero) is 1. The van der Waals surface area contributed by atoms with Gasteiger partial charge in [-0.1, -0.05) is 33.0 Å². The maximum atomic E-state index is 11.6. The van der Waals surface area contributed by atoms with Gasteiger partial charge in [-0.15, -0.1) is 0 Å². The lowest BCUT2D eigenvalue weighted by atomic mass is 9.90. The van der Waals surface area contributed by atoms with E-state index in [1.807, 2.05) is 41.5 Å². The second-order valence-electron chi connectivity index (χ2n) is 5.28. The van der Waals surface area contributed by atoms with Crippen LogP contribution in [0.25, 0.3) is 0 Å². The summed E-state index contributed by atoms with van der Waals surface area (Å²) < 4.78 is 0. The first-order valence-electron chi connectivity index (χ1n) is 4.41. The van der Waals surface area contributed by atoms with Crippen LogP contribution in [-0.4, -0.2) is 16.3 Å². The molecular formula is C10H19NOS. The summed E-state index contributed by atoms with van der Waals surface area (Å²) in [6.07, 6.45) is 0. The molecule has 0 bridgehead atoms. The number of hydrogen-bond acceptors (Lipinski definition) is 2. The topological polar surface area (TPSA) is 29.1 Å². The van der Waals surface area contributed by atoms with Crippen molar-refractivity contribution < 1.29 is 4.79 Å². The molecule has 0 aliphatic rings. The van der Waals surface area contributed by atoms with Crippen molar-refractivity contribution in [3.63, 3.8) is 0 Å². The van der Waals surface area contributed by atoms with Gasteiger partial charge in [0, 0.05) is 11.0 Å². The van der Waals surface area contributed by atoms with Crippen molar-refractivity contribution >= 4 is 23.0 Å². The van der Waals surface area contributed by atoms with Crippen molar-refractivity contribution in [1.29, 1.82) is 0 Å². The van der Waals surface area contributed by atoms with Gasteiger partial charge in [0.15, 0.2) is 5.78 Å². The molecule has 3 heteroatoms. The van der Waals surface area contributed by atoms with E-state index in [1.165, 1.54) is 0 Å². The van der Waals surface area contributed by atoms with E-state index in [9.17, 15) is 4.79 Å². The van der Waals surface area contributed by atoms with Crippen LogP contribution in [0.5, 0.6) is 0 Å². The van der Waals surface area contributed by atoms with Crippen molar-refractivity contribution in [2.24, 2.45) is 5.41 Å². The van der Waals surface area contributed by atoms with Crippen molar-refractivity contribution in [2.75, 3.05) is 0 Å². The molecule has 0 aromatic heterocycles. The van der Waals surface area contributed by atoms with E-state index in [-0.39, 0.29) is 11.3 Å². The van der Waals surface area contributed by atoms with Gasteiger partial charge < -0.3 is 5.32 Å². The third-order valence-corrected chi connectivity index (χ3v) is 1.66. The van der Waals surface area contributed by atoms with Crippen molar-refractivity contribution in [3.8, 4) is 0 Å². The molecule has 0 aromatic rings. The van der Waals surface area contributed by atoms with Crippen LogP contribution in [0.4, 0.5) is 0 Å². The van der Waals surface area contributed by atoms with E-state index in [0.29, 0.717) is 4.99 Å². The van der Waals surface area contributed by atoms with Gasteiger partial charge in [-0.25, -0.2) is 0 Å². The Hall–Kier alpha value is -0.440. The van der Waals surface area contributed by atoms with Crippen LogP contribution in [0.1, 0.15) is 41.5 Å². The number of ketones is 1. The standard InChI is InChI=1S/C10H19NOS/c1-9(2,3)7(12)8(13)11-10(4,5)6/h1-6H3,(H,11,13). The lowest BCUT2D eigenvalue weighted by molar-refractivity contribution is -0.119. The summed E-state index contributed by atoms with van der Waals surface area (Å²) in [5.41, 5.74) is -0.534. The van der Waals surface area contributed by atoms with Gasteiger partial charge in [-0.05, 0) is 20.8 Å². The first-order valence-corrected chi connectivity index (χ1v) is 4.82. The minimum absolute atomic E-state index is 0.00238. The fraction of sp³-hybridized carbons (Fsp3) is 0.800. The van der Waals surface area contributed by atoms with Crippen LogP contribution in [0.15, 0.2) is 0 Å². The highest BCUT2D eigenvalue weighted by Gasteiger charge is 2.27. The summed E-state index contributed by atoms with van der Waals surface area (Å²) in [6.45, 7) is 11.5. The molecule has 0 atom stereocenters. The molecule has 0 saturated heterocycles. The molecule has 1 N–H and O–H groups in total. The van der Waals surface area contributed by atoms with Crippen molar-refractivity contribution in [1.82, 2.24) is 5.32 Å². The normalized spacial score (nSPS) is 12.5. The Balaban J connectivity index is 4.40. The molecule has 0 fully saturated rings. The molecule has 0 unspecified atom stereocenters. The monoisotopic (exact) mass is 201 g/mol. The summed E-state index contributed by atoms with van der Waals surface area (Å²) in [6, 6.07) is 0. The molecule has 0 radical (unpaired) electrons. The maximum absolute atomic E-state index is 11.6. The Bertz CT molecular complexity index is 220. The highest BCUT2D eigenvalue weighted by atomic mass is 32.1. The van der Waals surface area contributed by atoms with E-state index >= 15 is 0 Å². The molecule has 0 heterocycles. The lowest BCUT2D eigenvalue weighted by Crippen LogP contribution is -2.46. The van der Waals surface area contributed by atoms with Crippen molar-refractivity contribution in [3.05, 3.63) is 0 Å². The average molecular weight is 201 g/mol. The smallest absolute Gasteiger partial charge is 0.195 e. The summed E-state index contributed by atoms with van der Waals surface area (Å²) in [5.74, 6) is -0.00238. The minimum Gasteiger partial charge on any atom is -0.369 e. The summed E-state index contributed by atoms with van der Waals surface area (Å²) in [7, 11) is 0. The second-order valence-corrected chi connectivity index (χ2v) is 5.69. The lowest BCUT2D eigenvalue weighted by Gasteiger charge is -2.25. The molecule has 13 heavy (non-hydrogen) atoms. The average Bonchev–Trinajstić information content (AvgIpc) is 1.79. The van der Waals surface area contributed by atoms with Gasteiger partial charge >= 0.3 is 0 Å². The molecule has 0 aromatic carbocycles. The van der Waals surface area contributed by atoms with Crippen LogP contribution in [0.2, 0.25) is 0 Å². The van der Waals surface area contributed by atoms with Gasteiger partial charge in [-0.3, -0.25) is 4.79 Å². The largest absolute Gasteiger partial charge is 0.369 e. The maximum Gasteiger partial charge on any atom is 0.195 e. The third-order valence-electron chi connectivity index (χ3n) is 1.38. The van der Waals surface area contributed by atoms with E-state index < -0.39 is 5.41 Å². The Morgan fingerprint density at radius 3 is 1.69 bits per heavy atom. The second kappa shape index (κ2) is 3.74. The van der Waals surface area contributed by atoms with Gasteiger partial charge in [-0.2, -0.15) is 0 Å². The zero-order valence-corrected chi connectivity index (χ0v) is 10.1. The van der Waals surface area contributed by atoms with Crippen LogP contribution in [-0.2, 0) is 4.79 Å². The van der Waals surface area contributed by atoms with Gasteiger partial charge in [0.2, 0.25) is 0 Å². The molecule has 0 saturated carbocycles. The van der Waals surface area contributed by atoms with E-state index in [0.717, 1.165) is 0 Å². The molecule has 0 spiro atoms. The zero-order chi connectivity index (χ0) is 10.9. The number of thiocarbonyl (C=S) groups is 1. The fourth-order valence-corrected chi connectivity index (χ4v) is 1.35. The SMILES string of the molecule is CC(C)(C)NC(=S)C(=O)C(C)(C)C. The summed E-state index contributed by atoms with van der Waals surface area (Å²) in [4.78, 5) is 12.0. The Morgan fingerprint density at radius 2 is 1.46 bits per heavy atom. The molecule has 0 amide bonds. The number of carbonyl (C=O) groups excluding carboxylic acids is 1. The predicted octanol–water partition coefficient (Wildman–Crippen LogP) is 2.32. The van der Waals surface area contributed by atoms with Crippen LogP contribution in [0.3, 0.4) is 0 Å². The molecule has 0 aliphatic heterocycles. The number of rotatable bonds is 1. The minimum atomic E-state index is -0.394. The predicted molar refractivity (Wildman–Crippen MR) is 59.9 cm³/mol. The van der Waals surface area contributed by atoms with Gasteiger partial charge in [0.1, 0.15) is 4.99 Å². The van der Waals surface area contributed by atoms with Gasteiger partial charge in [0.25, 0.3) is 0 Å². The molecule has 0 aliphatic carbocycles. The summed E-state index contributed by atoms with van der Waals surface area (Å²) in [5, 5.41) is 3.01. The van der Waals surface area contributed by atoms with Gasteiger partial charge in [0.05, 0.1) is 0 Å². The highest BCUT2D eigenvalue weighted by molar-refractivity contribution is 7.82. The molecule has 0 rings (SSSR count). The Kier molecular flexibility index (Phi) is 3.62. The van der Waals surface area contributed by atoms with Crippen molar-refractivity contribution in [2.45, 2.75) is 47.1 Å². The van der Waals surface area contributed by atoms with E-state index in [4.69, 9.17) is 12.2 Å². The first-order chi connectivity index (χ1) is 5.54. The number of carbonyl (C=O) groups is 1. The van der Waals surface area contributed by atoms with Crippen LogP contribution < -0.4 is 5.32 Å². The molecule has 2 nitrogen and oxygen atoms in total. The Labute approximate surface area is 86.1 Å². The third kappa shape index (κ3) is 4.98. The van der Waals surface area contributed by atoms with Crippen LogP contribution in [0, 0.1) is 5.41 Å². The van der Waals surface area contributed by atoms with E-state index in [1.54, 1.807) is 0 Å². The Morgan fingerprint density at radius 1 is 1.08 bits per heavy atom. The fourth-order valence-electron chi connectivity index (χ4n) is 0.738. The highest BCUT2D eigenvalue weighted by Crippen LogP contribution is 2.15. The molecular weight excluding hydrogens is 182 g/mol. The summed E-state index contributed by atoms with van der Waals surface area (Å²) >= 11 is 5.01. The quantitative estimate of drug-likeness (QED) is 0.660.